The Labute approximate surface area is 104 Å². The van der Waals surface area contributed by atoms with E-state index in [0.717, 1.165) is 10.4 Å². The second-order valence-corrected chi connectivity index (χ2v) is 4.42. The van der Waals surface area contributed by atoms with Crippen LogP contribution in [0.4, 0.5) is 0 Å². The molecule has 0 unspecified atom stereocenters. The Bertz CT molecular complexity index is 720. The monoisotopic (exact) mass is 251 g/mol. The molecule has 0 atom stereocenters. The van der Waals surface area contributed by atoms with E-state index < -0.39 is 0 Å². The van der Waals surface area contributed by atoms with Gasteiger partial charge in [0.1, 0.15) is 5.82 Å². The van der Waals surface area contributed by atoms with Crippen LogP contribution < -0.4 is 16.3 Å². The number of nitrogens with zero attached hydrogens (tertiary/aromatic N) is 5. The van der Waals surface area contributed by atoms with Crippen molar-refractivity contribution in [1.82, 2.24) is 18.8 Å². The number of imidazole rings is 1. The molecule has 0 bridgehead atoms. The first kappa shape index (κ1) is 12.4. The standard InChI is InChI=1S/C11H17N5O2/c1-6-7-12-9-8(16(7)13(2)3)10(17)15(5)11(18)14(9)4/h6H2,1-5H3. The van der Waals surface area contributed by atoms with Gasteiger partial charge in [0.25, 0.3) is 5.56 Å². The van der Waals surface area contributed by atoms with E-state index in [9.17, 15) is 9.59 Å². The van der Waals surface area contributed by atoms with Crippen molar-refractivity contribution in [3.63, 3.8) is 0 Å². The second-order valence-electron chi connectivity index (χ2n) is 4.42. The predicted molar refractivity (Wildman–Crippen MR) is 69.7 cm³/mol. The Morgan fingerprint density at radius 1 is 1.17 bits per heavy atom. The van der Waals surface area contributed by atoms with Crippen LogP contribution in [0, 0.1) is 0 Å². The van der Waals surface area contributed by atoms with Crippen LogP contribution in [0.1, 0.15) is 12.7 Å². The Kier molecular flexibility index (Phi) is 2.76. The van der Waals surface area contributed by atoms with Crippen molar-refractivity contribution in [1.29, 1.82) is 0 Å². The predicted octanol–water partition coefficient (Wildman–Crippen LogP) is -0.806. The van der Waals surface area contributed by atoms with E-state index in [2.05, 4.69) is 4.98 Å². The molecule has 18 heavy (non-hydrogen) atoms. The van der Waals surface area contributed by atoms with Crippen LogP contribution in [-0.2, 0) is 20.5 Å². The SMILES string of the molecule is CCc1nc2c(c(=O)n(C)c(=O)n2C)n1N(C)C. The Balaban J connectivity index is 3.10. The van der Waals surface area contributed by atoms with Gasteiger partial charge in [-0.2, -0.15) is 0 Å². The first-order valence-electron chi connectivity index (χ1n) is 5.75. The number of hydrogen-bond acceptors (Lipinski definition) is 4. The van der Waals surface area contributed by atoms with Gasteiger partial charge in [-0.05, 0) is 0 Å². The van der Waals surface area contributed by atoms with Gasteiger partial charge in [-0.25, -0.2) is 14.5 Å². The number of aryl methyl sites for hydroxylation is 2. The first-order valence-corrected chi connectivity index (χ1v) is 5.75. The summed E-state index contributed by atoms with van der Waals surface area (Å²) in [5.41, 5.74) is 0.169. The molecule has 0 aromatic carbocycles. The molecule has 0 amide bonds. The summed E-state index contributed by atoms with van der Waals surface area (Å²) in [6.07, 6.45) is 0.685. The van der Waals surface area contributed by atoms with Crippen LogP contribution in [0.15, 0.2) is 9.59 Å². The highest BCUT2D eigenvalue weighted by Crippen LogP contribution is 2.10. The van der Waals surface area contributed by atoms with Crippen molar-refractivity contribution < 1.29 is 0 Å². The minimum absolute atomic E-state index is 0.325. The van der Waals surface area contributed by atoms with Gasteiger partial charge in [0.15, 0.2) is 11.2 Å². The van der Waals surface area contributed by atoms with Crippen molar-refractivity contribution in [2.24, 2.45) is 14.1 Å². The lowest BCUT2D eigenvalue weighted by Gasteiger charge is -2.17. The zero-order valence-corrected chi connectivity index (χ0v) is 11.3. The summed E-state index contributed by atoms with van der Waals surface area (Å²) in [4.78, 5) is 28.4. The van der Waals surface area contributed by atoms with Gasteiger partial charge in [-0.3, -0.25) is 13.9 Å². The molecule has 2 aromatic heterocycles. The van der Waals surface area contributed by atoms with Gasteiger partial charge in [0.2, 0.25) is 0 Å². The highest BCUT2D eigenvalue weighted by molar-refractivity contribution is 5.71. The van der Waals surface area contributed by atoms with Crippen LogP contribution >= 0.6 is 0 Å². The normalized spacial score (nSPS) is 11.2. The van der Waals surface area contributed by atoms with Crippen LogP contribution in [0.3, 0.4) is 0 Å². The topological polar surface area (TPSA) is 65.1 Å². The number of aromatic nitrogens is 4. The molecule has 0 radical (unpaired) electrons. The van der Waals surface area contributed by atoms with Crippen molar-refractivity contribution in [2.45, 2.75) is 13.3 Å². The van der Waals surface area contributed by atoms with E-state index >= 15 is 0 Å². The fraction of sp³-hybridized carbons (Fsp3) is 0.545. The average Bonchev–Trinajstić information content (AvgIpc) is 2.73. The Hall–Kier alpha value is -2.05. The van der Waals surface area contributed by atoms with Crippen LogP contribution in [0.5, 0.6) is 0 Å². The van der Waals surface area contributed by atoms with E-state index in [1.165, 1.54) is 11.6 Å². The quantitative estimate of drug-likeness (QED) is 0.700. The maximum Gasteiger partial charge on any atom is 0.332 e. The van der Waals surface area contributed by atoms with Crippen molar-refractivity contribution in [2.75, 3.05) is 19.1 Å². The zero-order chi connectivity index (χ0) is 13.6. The van der Waals surface area contributed by atoms with Crippen molar-refractivity contribution in [3.8, 4) is 0 Å². The lowest BCUT2D eigenvalue weighted by molar-refractivity contribution is 0.682. The first-order chi connectivity index (χ1) is 8.40. The molecule has 98 valence electrons. The highest BCUT2D eigenvalue weighted by atomic mass is 16.2. The van der Waals surface area contributed by atoms with Gasteiger partial charge in [0, 0.05) is 34.6 Å². The Morgan fingerprint density at radius 2 is 1.78 bits per heavy atom. The van der Waals surface area contributed by atoms with Gasteiger partial charge in [-0.15, -0.1) is 0 Å². The van der Waals surface area contributed by atoms with Gasteiger partial charge in [-0.1, -0.05) is 6.92 Å². The van der Waals surface area contributed by atoms with Crippen LogP contribution in [0.2, 0.25) is 0 Å². The molecule has 0 aliphatic heterocycles. The minimum Gasteiger partial charge on any atom is -0.317 e. The number of fused-ring (bicyclic) bond motifs is 1. The van der Waals surface area contributed by atoms with E-state index in [4.69, 9.17) is 0 Å². The highest BCUT2D eigenvalue weighted by Gasteiger charge is 2.18. The molecule has 0 spiro atoms. The molecule has 2 rings (SSSR count). The van der Waals surface area contributed by atoms with E-state index in [1.807, 2.05) is 21.0 Å². The summed E-state index contributed by atoms with van der Waals surface area (Å²) >= 11 is 0. The molecule has 7 heteroatoms. The van der Waals surface area contributed by atoms with Crippen molar-refractivity contribution >= 4 is 11.2 Å². The summed E-state index contributed by atoms with van der Waals surface area (Å²) in [6, 6.07) is 0. The van der Waals surface area contributed by atoms with Crippen molar-refractivity contribution in [3.05, 3.63) is 26.7 Å². The van der Waals surface area contributed by atoms with Crippen LogP contribution in [-0.4, -0.2) is 32.9 Å². The lowest BCUT2D eigenvalue weighted by Crippen LogP contribution is -2.39. The molecule has 0 N–H and O–H groups in total. The summed E-state index contributed by atoms with van der Waals surface area (Å²) < 4.78 is 4.25. The molecule has 0 saturated heterocycles. The third-order valence-corrected chi connectivity index (χ3v) is 3.02. The minimum atomic E-state index is -0.362. The molecular formula is C11H17N5O2. The largest absolute Gasteiger partial charge is 0.332 e. The number of hydrogen-bond donors (Lipinski definition) is 0. The maximum absolute atomic E-state index is 12.2. The maximum atomic E-state index is 12.2. The smallest absolute Gasteiger partial charge is 0.317 e. The third kappa shape index (κ3) is 1.47. The average molecular weight is 251 g/mol. The lowest BCUT2D eigenvalue weighted by atomic mass is 10.5. The molecule has 2 aromatic rings. The molecule has 0 aliphatic rings. The summed E-state index contributed by atoms with van der Waals surface area (Å²) in [5, 5.41) is 1.79. The molecule has 0 saturated carbocycles. The summed E-state index contributed by atoms with van der Waals surface area (Å²) in [6.45, 7) is 1.96. The summed E-state index contributed by atoms with van der Waals surface area (Å²) in [5.74, 6) is 0.758. The van der Waals surface area contributed by atoms with Crippen LogP contribution in [0.25, 0.3) is 11.2 Å². The van der Waals surface area contributed by atoms with E-state index in [0.29, 0.717) is 17.6 Å². The van der Waals surface area contributed by atoms with Gasteiger partial charge >= 0.3 is 5.69 Å². The second kappa shape index (κ2) is 4.01. The van der Waals surface area contributed by atoms with Gasteiger partial charge in [0.05, 0.1) is 0 Å². The van der Waals surface area contributed by atoms with Gasteiger partial charge < -0.3 is 5.01 Å². The molecule has 0 aliphatic carbocycles. The third-order valence-electron chi connectivity index (χ3n) is 3.02. The molecule has 7 nitrogen and oxygen atoms in total. The summed E-state index contributed by atoms with van der Waals surface area (Å²) in [7, 11) is 6.77. The van der Waals surface area contributed by atoms with E-state index in [1.54, 1.807) is 16.7 Å². The zero-order valence-electron chi connectivity index (χ0n) is 11.3. The molecule has 2 heterocycles. The van der Waals surface area contributed by atoms with E-state index in [-0.39, 0.29) is 11.2 Å². The molecule has 0 fully saturated rings. The molecular weight excluding hydrogens is 234 g/mol. The Morgan fingerprint density at radius 3 is 2.28 bits per heavy atom. The number of rotatable bonds is 2. The fourth-order valence-electron chi connectivity index (χ4n) is 2.09. The fourth-order valence-corrected chi connectivity index (χ4v) is 2.09.